The molecular weight excluding hydrogens is 116 g/mol. The van der Waals surface area contributed by atoms with E-state index in [0.29, 0.717) is 0 Å². The van der Waals surface area contributed by atoms with Crippen molar-refractivity contribution in [2.45, 2.75) is 6.10 Å². The Labute approximate surface area is 45.8 Å². The van der Waals surface area contributed by atoms with E-state index in [1.54, 1.807) is 0 Å². The summed E-state index contributed by atoms with van der Waals surface area (Å²) in [6, 6.07) is 0. The first-order valence-electron chi connectivity index (χ1n) is 1.87. The molecule has 3 N–H and O–H groups in total. The van der Waals surface area contributed by atoms with Crippen LogP contribution in [0.2, 0.25) is 0 Å². The van der Waals surface area contributed by atoms with Gasteiger partial charge in [-0.05, 0) is 0 Å². The lowest BCUT2D eigenvalue weighted by molar-refractivity contribution is 0.0450. The largest absolute Gasteiger partial charge is 0.394 e. The topological polar surface area (TPSA) is 94.8 Å². The van der Waals surface area contributed by atoms with Crippen LogP contribution in [0.3, 0.4) is 0 Å². The molecular formula is C3H8O5. The van der Waals surface area contributed by atoms with Crippen LogP contribution in [-0.4, -0.2) is 34.6 Å². The van der Waals surface area contributed by atoms with E-state index in [9.17, 15) is 0 Å². The van der Waals surface area contributed by atoms with Gasteiger partial charge in [-0.1, -0.05) is 0 Å². The zero-order valence-corrected chi connectivity index (χ0v) is 4.15. The van der Waals surface area contributed by atoms with Crippen molar-refractivity contribution in [3.63, 3.8) is 0 Å². The van der Waals surface area contributed by atoms with Crippen LogP contribution in [0, 0.1) is 9.93 Å². The van der Waals surface area contributed by atoms with E-state index in [4.69, 9.17) is 25.2 Å². The second-order valence-corrected chi connectivity index (χ2v) is 1.02. The highest BCUT2D eigenvalue weighted by molar-refractivity contribution is 4.43. The van der Waals surface area contributed by atoms with Gasteiger partial charge < -0.3 is 15.3 Å². The predicted molar refractivity (Wildman–Crippen MR) is 26.9 cm³/mol. The first-order valence-corrected chi connectivity index (χ1v) is 1.87. The molecule has 50 valence electrons. The fourth-order valence-electron chi connectivity index (χ4n) is 0.0577. The van der Waals surface area contributed by atoms with Crippen molar-refractivity contribution in [3.05, 3.63) is 9.93 Å². The Hall–Kier alpha value is -0.520. The molecule has 0 aromatic rings. The number of aliphatic hydroxyl groups excluding tert-OH is 3. The molecule has 0 bridgehead atoms. The molecule has 0 saturated heterocycles. The third-order valence-corrected chi connectivity index (χ3v) is 0.421. The van der Waals surface area contributed by atoms with Gasteiger partial charge in [0.05, 0.1) is 13.2 Å². The van der Waals surface area contributed by atoms with Crippen molar-refractivity contribution < 1.29 is 15.3 Å². The lowest BCUT2D eigenvalue weighted by atomic mass is 10.4. The quantitative estimate of drug-likeness (QED) is 0.412. The smallest absolute Gasteiger partial charge is 0.100 e. The zero-order valence-electron chi connectivity index (χ0n) is 4.15. The minimum atomic E-state index is -0.954. The number of hydrogen-bond donors (Lipinski definition) is 3. The average molecular weight is 124 g/mol. The number of hydrogen-bond acceptors (Lipinski definition) is 5. The Morgan fingerprint density at radius 3 is 1.38 bits per heavy atom. The Bertz CT molecular complexity index is 34.7. The minimum Gasteiger partial charge on any atom is -0.394 e. The molecule has 5 heteroatoms. The van der Waals surface area contributed by atoms with Gasteiger partial charge >= 0.3 is 0 Å². The fraction of sp³-hybridized carbons (Fsp3) is 1.00. The van der Waals surface area contributed by atoms with Gasteiger partial charge in [0.1, 0.15) is 6.10 Å². The summed E-state index contributed by atoms with van der Waals surface area (Å²) >= 11 is 0. The summed E-state index contributed by atoms with van der Waals surface area (Å²) in [5, 5.41) is 24.0. The molecule has 0 atom stereocenters. The van der Waals surface area contributed by atoms with Gasteiger partial charge in [0.2, 0.25) is 0 Å². The van der Waals surface area contributed by atoms with E-state index in [-0.39, 0.29) is 13.2 Å². The molecule has 0 unspecified atom stereocenters. The summed E-state index contributed by atoms with van der Waals surface area (Å²) in [7, 11) is 0. The van der Waals surface area contributed by atoms with Crippen molar-refractivity contribution in [1.29, 1.82) is 0 Å². The van der Waals surface area contributed by atoms with Gasteiger partial charge in [0.15, 0.2) is 0 Å². The van der Waals surface area contributed by atoms with Gasteiger partial charge in [0.25, 0.3) is 0 Å². The predicted octanol–water partition coefficient (Wildman–Crippen LogP) is -1.60. The Kier molecular flexibility index (Phi) is 12.7. The second kappa shape index (κ2) is 9.70. The molecule has 0 rings (SSSR count). The molecule has 0 fully saturated rings. The van der Waals surface area contributed by atoms with Gasteiger partial charge in [0, 0.05) is 9.93 Å². The SMILES string of the molecule is O=O.OCC(O)CO. The Balaban J connectivity index is 0. The average Bonchev–Trinajstić information content (AvgIpc) is 1.91. The number of aliphatic hydroxyl groups is 3. The molecule has 0 aliphatic rings. The first-order chi connectivity index (χ1) is 3.81. The minimum absolute atomic E-state index is 0.365. The third kappa shape index (κ3) is 9.08. The second-order valence-electron chi connectivity index (χ2n) is 1.02. The van der Waals surface area contributed by atoms with Crippen LogP contribution < -0.4 is 0 Å². The zero-order chi connectivity index (χ0) is 6.99. The molecule has 0 heterocycles. The molecule has 0 saturated carbocycles. The van der Waals surface area contributed by atoms with Crippen molar-refractivity contribution in [3.8, 4) is 0 Å². The van der Waals surface area contributed by atoms with Gasteiger partial charge in [-0.15, -0.1) is 0 Å². The van der Waals surface area contributed by atoms with Crippen molar-refractivity contribution >= 4 is 0 Å². The van der Waals surface area contributed by atoms with Gasteiger partial charge in [-0.25, -0.2) is 0 Å². The van der Waals surface area contributed by atoms with Crippen molar-refractivity contribution in [2.75, 3.05) is 13.2 Å². The molecule has 0 amide bonds. The van der Waals surface area contributed by atoms with Gasteiger partial charge in [-0.3, -0.25) is 0 Å². The lowest BCUT2D eigenvalue weighted by Gasteiger charge is -1.96. The van der Waals surface area contributed by atoms with E-state index in [1.807, 2.05) is 0 Å². The van der Waals surface area contributed by atoms with Crippen molar-refractivity contribution in [1.82, 2.24) is 0 Å². The molecule has 0 radical (unpaired) electrons. The van der Waals surface area contributed by atoms with Crippen LogP contribution >= 0.6 is 0 Å². The summed E-state index contributed by atoms with van der Waals surface area (Å²) in [5.74, 6) is 0. The van der Waals surface area contributed by atoms with Crippen molar-refractivity contribution in [2.24, 2.45) is 0 Å². The van der Waals surface area contributed by atoms with E-state index in [1.165, 1.54) is 0 Å². The standard InChI is InChI=1S/C3H8O3.O2/c4-1-3(6)2-5;1-2/h3-6H,1-2H2;. The summed E-state index contributed by atoms with van der Waals surface area (Å²) in [5.41, 5.74) is 0. The number of rotatable bonds is 2. The van der Waals surface area contributed by atoms with Crippen LogP contribution in [0.25, 0.3) is 0 Å². The summed E-state index contributed by atoms with van der Waals surface area (Å²) in [4.78, 5) is 14.0. The van der Waals surface area contributed by atoms with E-state index in [2.05, 4.69) is 0 Å². The highest BCUT2D eigenvalue weighted by atomic mass is 16.7. The van der Waals surface area contributed by atoms with Crippen LogP contribution in [-0.2, 0) is 0 Å². The highest BCUT2D eigenvalue weighted by Gasteiger charge is 1.93. The molecule has 0 aromatic heterocycles. The molecule has 8 heavy (non-hydrogen) atoms. The molecule has 0 aromatic carbocycles. The monoisotopic (exact) mass is 124 g/mol. The van der Waals surface area contributed by atoms with Crippen LogP contribution in [0.5, 0.6) is 0 Å². The maximum absolute atomic E-state index is 8.17. The highest BCUT2D eigenvalue weighted by Crippen LogP contribution is 1.71. The summed E-state index contributed by atoms with van der Waals surface area (Å²) in [6.07, 6.45) is -0.954. The maximum atomic E-state index is 8.17. The lowest BCUT2D eigenvalue weighted by Crippen LogP contribution is -2.15. The molecule has 0 aliphatic heterocycles. The molecule has 5 nitrogen and oxygen atoms in total. The Morgan fingerprint density at radius 2 is 1.38 bits per heavy atom. The van der Waals surface area contributed by atoms with E-state index >= 15 is 0 Å². The normalized spacial score (nSPS) is 8.00. The van der Waals surface area contributed by atoms with E-state index in [0.717, 1.165) is 0 Å². The fourth-order valence-corrected chi connectivity index (χ4v) is 0.0577. The molecule has 0 spiro atoms. The first kappa shape index (κ1) is 10.5. The third-order valence-electron chi connectivity index (χ3n) is 0.421. The van der Waals surface area contributed by atoms with Crippen LogP contribution in [0.15, 0.2) is 0 Å². The van der Waals surface area contributed by atoms with Crippen LogP contribution in [0.1, 0.15) is 0 Å². The molecule has 0 aliphatic carbocycles. The summed E-state index contributed by atoms with van der Waals surface area (Å²) in [6.45, 7) is -0.729. The van der Waals surface area contributed by atoms with Gasteiger partial charge in [-0.2, -0.15) is 0 Å². The van der Waals surface area contributed by atoms with E-state index < -0.39 is 6.10 Å². The summed E-state index contributed by atoms with van der Waals surface area (Å²) < 4.78 is 0. The van der Waals surface area contributed by atoms with Crippen LogP contribution in [0.4, 0.5) is 0 Å². The maximum Gasteiger partial charge on any atom is 0.100 e. The Morgan fingerprint density at radius 1 is 1.12 bits per heavy atom.